The smallest absolute Gasteiger partial charge is 0.217 e. The van der Waals surface area contributed by atoms with Gasteiger partial charge in [-0.2, -0.15) is 5.10 Å². The van der Waals surface area contributed by atoms with Crippen LogP contribution in [0.1, 0.15) is 24.7 Å². The van der Waals surface area contributed by atoms with Gasteiger partial charge in [0.2, 0.25) is 5.91 Å². The number of nitrogens with zero attached hydrogens (tertiary/aromatic N) is 4. The second-order valence-electron chi connectivity index (χ2n) is 6.95. The SMILES string of the molecule is CC(=O)NCc1cc2n(n1)CCN([C@@H]1CCN(c3ccccc3)C1)C2. The summed E-state index contributed by atoms with van der Waals surface area (Å²) in [5, 5.41) is 7.44. The first-order valence-electron chi connectivity index (χ1n) is 9.03. The molecule has 0 spiro atoms. The molecule has 0 aliphatic carbocycles. The predicted molar refractivity (Wildman–Crippen MR) is 97.2 cm³/mol. The summed E-state index contributed by atoms with van der Waals surface area (Å²) >= 11 is 0. The van der Waals surface area contributed by atoms with Gasteiger partial charge < -0.3 is 10.2 Å². The molecule has 1 aromatic carbocycles. The standard InChI is InChI=1S/C19H25N5O/c1-15(25)20-12-16-11-19-14-23(9-10-24(19)21-16)18-7-8-22(13-18)17-5-3-2-4-6-17/h2-6,11,18H,7-10,12-14H2,1H3,(H,20,25)/t18-/m1/s1. The molecule has 1 fully saturated rings. The van der Waals surface area contributed by atoms with Crippen LogP contribution in [0.5, 0.6) is 0 Å². The van der Waals surface area contributed by atoms with Crippen LogP contribution in [0.25, 0.3) is 0 Å². The Labute approximate surface area is 148 Å². The van der Waals surface area contributed by atoms with E-state index < -0.39 is 0 Å². The summed E-state index contributed by atoms with van der Waals surface area (Å²) in [6.07, 6.45) is 1.21. The van der Waals surface area contributed by atoms with Crippen LogP contribution in [0.4, 0.5) is 5.69 Å². The Balaban J connectivity index is 1.38. The number of anilines is 1. The minimum Gasteiger partial charge on any atom is -0.370 e. The van der Waals surface area contributed by atoms with Crippen LogP contribution in [0.2, 0.25) is 0 Å². The van der Waals surface area contributed by atoms with Crippen LogP contribution in [-0.2, 0) is 24.4 Å². The van der Waals surface area contributed by atoms with E-state index in [0.717, 1.165) is 38.4 Å². The first kappa shape index (κ1) is 16.1. The summed E-state index contributed by atoms with van der Waals surface area (Å²) in [5.74, 6) is -0.0143. The van der Waals surface area contributed by atoms with Gasteiger partial charge in [0.25, 0.3) is 0 Å². The van der Waals surface area contributed by atoms with Crippen LogP contribution < -0.4 is 10.2 Å². The zero-order chi connectivity index (χ0) is 17.2. The van der Waals surface area contributed by atoms with E-state index in [1.54, 1.807) is 0 Å². The minimum absolute atomic E-state index is 0.0143. The van der Waals surface area contributed by atoms with Crippen molar-refractivity contribution in [2.45, 2.75) is 39.0 Å². The van der Waals surface area contributed by atoms with Gasteiger partial charge in [0, 0.05) is 44.8 Å². The molecular formula is C19H25N5O. The first-order valence-corrected chi connectivity index (χ1v) is 9.03. The Morgan fingerprint density at radius 2 is 2.08 bits per heavy atom. The third kappa shape index (κ3) is 3.54. The number of para-hydroxylation sites is 1. The molecule has 1 aromatic heterocycles. The van der Waals surface area contributed by atoms with Crippen molar-refractivity contribution in [3.05, 3.63) is 47.8 Å². The highest BCUT2D eigenvalue weighted by Gasteiger charge is 2.30. The van der Waals surface area contributed by atoms with E-state index in [-0.39, 0.29) is 5.91 Å². The molecule has 0 bridgehead atoms. The van der Waals surface area contributed by atoms with Crippen molar-refractivity contribution < 1.29 is 4.79 Å². The molecule has 6 heteroatoms. The van der Waals surface area contributed by atoms with Crippen molar-refractivity contribution in [1.29, 1.82) is 0 Å². The van der Waals surface area contributed by atoms with E-state index in [0.29, 0.717) is 12.6 Å². The van der Waals surface area contributed by atoms with E-state index in [9.17, 15) is 4.79 Å². The van der Waals surface area contributed by atoms with Crippen molar-refractivity contribution in [1.82, 2.24) is 20.0 Å². The van der Waals surface area contributed by atoms with Gasteiger partial charge in [0.1, 0.15) is 0 Å². The van der Waals surface area contributed by atoms with Crippen LogP contribution in [0, 0.1) is 0 Å². The highest BCUT2D eigenvalue weighted by atomic mass is 16.1. The number of carbonyl (C=O) groups is 1. The van der Waals surface area contributed by atoms with Crippen molar-refractivity contribution in [3.8, 4) is 0 Å². The number of fused-ring (bicyclic) bond motifs is 1. The fourth-order valence-corrected chi connectivity index (χ4v) is 3.87. The van der Waals surface area contributed by atoms with Crippen molar-refractivity contribution in [2.75, 3.05) is 24.5 Å². The fourth-order valence-electron chi connectivity index (χ4n) is 3.87. The molecule has 0 unspecified atom stereocenters. The van der Waals surface area contributed by atoms with E-state index in [1.165, 1.54) is 24.7 Å². The number of benzene rings is 1. The zero-order valence-corrected chi connectivity index (χ0v) is 14.7. The Bertz CT molecular complexity index is 742. The molecule has 3 heterocycles. The summed E-state index contributed by atoms with van der Waals surface area (Å²) in [4.78, 5) is 16.1. The van der Waals surface area contributed by atoms with Gasteiger partial charge in [0.15, 0.2) is 0 Å². The molecule has 4 rings (SSSR count). The van der Waals surface area contributed by atoms with Crippen molar-refractivity contribution in [3.63, 3.8) is 0 Å². The number of aromatic nitrogens is 2. The molecule has 6 nitrogen and oxygen atoms in total. The van der Waals surface area contributed by atoms with Crippen molar-refractivity contribution in [2.24, 2.45) is 0 Å². The second-order valence-corrected chi connectivity index (χ2v) is 6.95. The summed E-state index contributed by atoms with van der Waals surface area (Å²) in [5.41, 5.74) is 3.53. The van der Waals surface area contributed by atoms with E-state index in [2.05, 4.69) is 61.3 Å². The van der Waals surface area contributed by atoms with Gasteiger partial charge in [0.05, 0.1) is 24.5 Å². The van der Waals surface area contributed by atoms with Gasteiger partial charge in [-0.15, -0.1) is 0 Å². The number of nitrogens with one attached hydrogen (secondary N) is 1. The monoisotopic (exact) mass is 339 g/mol. The number of amides is 1. The molecule has 1 amide bonds. The Kier molecular flexibility index (Phi) is 4.44. The summed E-state index contributed by atoms with van der Waals surface area (Å²) in [6.45, 7) is 7.19. The highest BCUT2D eigenvalue weighted by molar-refractivity contribution is 5.72. The van der Waals surface area contributed by atoms with Gasteiger partial charge in [-0.05, 0) is 24.6 Å². The lowest BCUT2D eigenvalue weighted by atomic mass is 10.2. The molecule has 0 saturated carbocycles. The first-order chi connectivity index (χ1) is 12.2. The molecule has 132 valence electrons. The van der Waals surface area contributed by atoms with E-state index in [4.69, 9.17) is 0 Å². The van der Waals surface area contributed by atoms with Gasteiger partial charge >= 0.3 is 0 Å². The lowest BCUT2D eigenvalue weighted by molar-refractivity contribution is -0.119. The predicted octanol–water partition coefficient (Wildman–Crippen LogP) is 1.61. The Morgan fingerprint density at radius 3 is 2.88 bits per heavy atom. The average Bonchev–Trinajstić information content (AvgIpc) is 3.27. The van der Waals surface area contributed by atoms with Gasteiger partial charge in [-0.25, -0.2) is 0 Å². The molecule has 1 saturated heterocycles. The third-order valence-electron chi connectivity index (χ3n) is 5.20. The maximum Gasteiger partial charge on any atom is 0.217 e. The third-order valence-corrected chi connectivity index (χ3v) is 5.20. The number of hydrogen-bond acceptors (Lipinski definition) is 4. The normalized spacial score (nSPS) is 20.5. The lowest BCUT2D eigenvalue weighted by Crippen LogP contribution is -2.42. The maximum absolute atomic E-state index is 11.1. The minimum atomic E-state index is -0.0143. The van der Waals surface area contributed by atoms with Gasteiger partial charge in [-0.1, -0.05) is 18.2 Å². The second kappa shape index (κ2) is 6.88. The molecule has 1 N–H and O–H groups in total. The quantitative estimate of drug-likeness (QED) is 0.920. The zero-order valence-electron chi connectivity index (χ0n) is 14.7. The Hall–Kier alpha value is -2.34. The fraction of sp³-hybridized carbons (Fsp3) is 0.474. The molecular weight excluding hydrogens is 314 g/mol. The largest absolute Gasteiger partial charge is 0.370 e. The number of carbonyl (C=O) groups excluding carboxylic acids is 1. The van der Waals surface area contributed by atoms with Crippen LogP contribution in [0.3, 0.4) is 0 Å². The molecule has 25 heavy (non-hydrogen) atoms. The maximum atomic E-state index is 11.1. The van der Waals surface area contributed by atoms with Crippen LogP contribution in [0.15, 0.2) is 36.4 Å². The Morgan fingerprint density at radius 1 is 1.24 bits per heavy atom. The summed E-state index contributed by atoms with van der Waals surface area (Å²) in [6, 6.07) is 13.4. The molecule has 0 radical (unpaired) electrons. The highest BCUT2D eigenvalue weighted by Crippen LogP contribution is 2.25. The van der Waals surface area contributed by atoms with E-state index >= 15 is 0 Å². The van der Waals surface area contributed by atoms with E-state index in [1.807, 2.05) is 0 Å². The summed E-state index contributed by atoms with van der Waals surface area (Å²) < 4.78 is 2.09. The molecule has 2 aliphatic rings. The number of rotatable bonds is 4. The number of hydrogen-bond donors (Lipinski definition) is 1. The summed E-state index contributed by atoms with van der Waals surface area (Å²) in [7, 11) is 0. The average molecular weight is 339 g/mol. The van der Waals surface area contributed by atoms with Crippen LogP contribution in [-0.4, -0.2) is 46.3 Å². The van der Waals surface area contributed by atoms with Crippen LogP contribution >= 0.6 is 0 Å². The van der Waals surface area contributed by atoms with Gasteiger partial charge in [-0.3, -0.25) is 14.4 Å². The molecule has 2 aliphatic heterocycles. The molecule has 2 aromatic rings. The molecule has 1 atom stereocenters. The lowest BCUT2D eigenvalue weighted by Gasteiger charge is -2.32. The topological polar surface area (TPSA) is 53.4 Å². The van der Waals surface area contributed by atoms with Crippen molar-refractivity contribution >= 4 is 11.6 Å².